The molecule has 0 aliphatic carbocycles. The highest BCUT2D eigenvalue weighted by molar-refractivity contribution is 6.10. The summed E-state index contributed by atoms with van der Waals surface area (Å²) in [6, 6.07) is 90.7. The van der Waals surface area contributed by atoms with Crippen molar-refractivity contribution in [3.05, 3.63) is 249 Å². The van der Waals surface area contributed by atoms with Crippen LogP contribution < -0.4 is 4.90 Å². The molecule has 0 N–H and O–H groups in total. The van der Waals surface area contributed by atoms with Gasteiger partial charge in [0.05, 0.1) is 0 Å². The topological polar surface area (TPSA) is 3.24 Å². The molecule has 286 valence electrons. The number of hydrogen-bond acceptors (Lipinski definition) is 1. The second kappa shape index (κ2) is 15.6. The van der Waals surface area contributed by atoms with Crippen LogP contribution in [0.25, 0.3) is 88.0 Å². The van der Waals surface area contributed by atoms with E-state index in [4.69, 9.17) is 0 Å². The molecule has 0 radical (unpaired) electrons. The number of fused-ring (bicyclic) bond motifs is 4. The van der Waals surface area contributed by atoms with Gasteiger partial charge in [0.2, 0.25) is 0 Å². The molecule has 0 bridgehead atoms. The second-order valence-corrected chi connectivity index (χ2v) is 15.7. The van der Waals surface area contributed by atoms with E-state index in [1.54, 1.807) is 0 Å². The van der Waals surface area contributed by atoms with E-state index in [2.05, 4.69) is 254 Å². The molecule has 0 atom stereocenters. The van der Waals surface area contributed by atoms with E-state index >= 15 is 0 Å². The number of benzene rings is 11. The molecule has 0 heterocycles. The van der Waals surface area contributed by atoms with Crippen LogP contribution in [-0.4, -0.2) is 0 Å². The summed E-state index contributed by atoms with van der Waals surface area (Å²) in [4.78, 5) is 2.43. The van der Waals surface area contributed by atoms with E-state index in [9.17, 15) is 0 Å². The van der Waals surface area contributed by atoms with E-state index in [0.29, 0.717) is 0 Å². The molecule has 0 saturated heterocycles. The maximum absolute atomic E-state index is 2.43. The lowest BCUT2D eigenvalue weighted by atomic mass is 9.85. The van der Waals surface area contributed by atoms with Crippen LogP contribution >= 0.6 is 0 Å². The van der Waals surface area contributed by atoms with Crippen LogP contribution in [0.1, 0.15) is 0 Å². The van der Waals surface area contributed by atoms with Crippen LogP contribution in [0.15, 0.2) is 249 Å². The molecule has 11 aromatic carbocycles. The zero-order valence-corrected chi connectivity index (χ0v) is 33.6. The van der Waals surface area contributed by atoms with E-state index < -0.39 is 0 Å². The Morgan fingerprint density at radius 2 is 0.689 bits per heavy atom. The SMILES string of the molecule is c1ccc(-c2ccc(N(c3cccc(-c4cccc5ccccc45)c3)c3cc(-c4ccccc4)c(-c4ccc5ccc6ccccc6c5c4)c(-c4ccccc4)c3)cc2)cc1. The molecule has 11 aromatic rings. The minimum absolute atomic E-state index is 1.08. The maximum Gasteiger partial charge on any atom is 0.0474 e. The first-order chi connectivity index (χ1) is 30.2. The minimum Gasteiger partial charge on any atom is -0.310 e. The highest BCUT2D eigenvalue weighted by atomic mass is 15.1. The molecule has 0 aliphatic rings. The average Bonchev–Trinajstić information content (AvgIpc) is 3.34. The van der Waals surface area contributed by atoms with Crippen molar-refractivity contribution in [2.75, 3.05) is 4.90 Å². The summed E-state index contributed by atoms with van der Waals surface area (Å²) >= 11 is 0. The van der Waals surface area contributed by atoms with Crippen molar-refractivity contribution in [3.63, 3.8) is 0 Å². The molecule has 1 nitrogen and oxygen atoms in total. The molecule has 11 rings (SSSR count). The molecule has 0 amide bonds. The van der Waals surface area contributed by atoms with E-state index in [0.717, 1.165) is 17.1 Å². The van der Waals surface area contributed by atoms with E-state index in [1.807, 2.05) is 0 Å². The molecule has 1 heteroatoms. The van der Waals surface area contributed by atoms with Crippen LogP contribution in [0.4, 0.5) is 17.1 Å². The van der Waals surface area contributed by atoms with E-state index in [-0.39, 0.29) is 0 Å². The van der Waals surface area contributed by atoms with Crippen molar-refractivity contribution in [2.45, 2.75) is 0 Å². The van der Waals surface area contributed by atoms with Crippen molar-refractivity contribution >= 4 is 49.4 Å². The fourth-order valence-electron chi connectivity index (χ4n) is 9.09. The third-order valence-corrected chi connectivity index (χ3v) is 12.0. The lowest BCUT2D eigenvalue weighted by Crippen LogP contribution is -2.11. The van der Waals surface area contributed by atoms with E-state index in [1.165, 1.54) is 88.0 Å². The summed E-state index contributed by atoms with van der Waals surface area (Å²) in [5.74, 6) is 0. The van der Waals surface area contributed by atoms with Gasteiger partial charge in [-0.15, -0.1) is 0 Å². The monoisotopic (exact) mass is 775 g/mol. The second-order valence-electron chi connectivity index (χ2n) is 15.7. The Bertz CT molecular complexity index is 3270. The van der Waals surface area contributed by atoms with Crippen LogP contribution in [0.5, 0.6) is 0 Å². The third kappa shape index (κ3) is 6.83. The predicted octanol–water partition coefficient (Wildman–Crippen LogP) is 17.0. The van der Waals surface area contributed by atoms with Crippen LogP contribution in [0.2, 0.25) is 0 Å². The Hall–Kier alpha value is -8.00. The Morgan fingerprint density at radius 1 is 0.213 bits per heavy atom. The Balaban J connectivity index is 1.18. The van der Waals surface area contributed by atoms with Gasteiger partial charge in [-0.2, -0.15) is 0 Å². The summed E-state index contributed by atoms with van der Waals surface area (Å²) < 4.78 is 0. The van der Waals surface area contributed by atoms with Gasteiger partial charge >= 0.3 is 0 Å². The van der Waals surface area contributed by atoms with Crippen LogP contribution in [-0.2, 0) is 0 Å². The highest BCUT2D eigenvalue weighted by Gasteiger charge is 2.22. The molecular formula is C60H41N. The lowest BCUT2D eigenvalue weighted by molar-refractivity contribution is 1.28. The standard InChI is InChI=1S/C60H41N/c1-4-16-42(17-5-1)43-34-36-51(37-35-43)61(52-26-14-25-49(38-52)56-29-15-24-44-22-10-12-27-54(44)56)53-40-58(45-18-6-2-7-19-45)60(59(41-53)46-20-8-3-9-21-46)50-33-32-48-31-30-47-23-11-13-28-55(47)57(48)39-50/h1-41H. The minimum atomic E-state index is 1.08. The molecular weight excluding hydrogens is 735 g/mol. The Kier molecular flexibility index (Phi) is 9.26. The molecule has 0 fully saturated rings. The third-order valence-electron chi connectivity index (χ3n) is 12.0. The zero-order valence-electron chi connectivity index (χ0n) is 33.6. The summed E-state index contributed by atoms with van der Waals surface area (Å²) in [6.45, 7) is 0. The molecule has 0 unspecified atom stereocenters. The van der Waals surface area contributed by atoms with Gasteiger partial charge in [-0.3, -0.25) is 0 Å². The van der Waals surface area contributed by atoms with Crippen LogP contribution in [0.3, 0.4) is 0 Å². The van der Waals surface area contributed by atoms with Gasteiger partial charge in [0.1, 0.15) is 0 Å². The summed E-state index contributed by atoms with van der Waals surface area (Å²) in [7, 11) is 0. The molecule has 0 aromatic heterocycles. The van der Waals surface area contributed by atoms with Gasteiger partial charge in [-0.25, -0.2) is 0 Å². The maximum atomic E-state index is 2.43. The number of hydrogen-bond donors (Lipinski definition) is 0. The molecule has 61 heavy (non-hydrogen) atoms. The Morgan fingerprint density at radius 3 is 1.36 bits per heavy atom. The van der Waals surface area contributed by atoms with Crippen molar-refractivity contribution < 1.29 is 0 Å². The highest BCUT2D eigenvalue weighted by Crippen LogP contribution is 2.47. The van der Waals surface area contributed by atoms with Crippen LogP contribution in [0, 0.1) is 0 Å². The van der Waals surface area contributed by atoms with Gasteiger partial charge in [0, 0.05) is 17.1 Å². The number of rotatable bonds is 8. The normalized spacial score (nSPS) is 11.3. The van der Waals surface area contributed by atoms with Crippen molar-refractivity contribution in [1.82, 2.24) is 0 Å². The van der Waals surface area contributed by atoms with Gasteiger partial charge in [0.15, 0.2) is 0 Å². The van der Waals surface area contributed by atoms with Crippen molar-refractivity contribution in [1.29, 1.82) is 0 Å². The van der Waals surface area contributed by atoms with Gasteiger partial charge in [-0.1, -0.05) is 206 Å². The zero-order chi connectivity index (χ0) is 40.5. The first-order valence-corrected chi connectivity index (χ1v) is 21.0. The smallest absolute Gasteiger partial charge is 0.0474 e. The number of anilines is 3. The fourth-order valence-corrected chi connectivity index (χ4v) is 9.09. The van der Waals surface area contributed by atoms with Gasteiger partial charge in [-0.05, 0) is 130 Å². The van der Waals surface area contributed by atoms with Crippen molar-refractivity contribution in [2.24, 2.45) is 0 Å². The average molecular weight is 776 g/mol. The van der Waals surface area contributed by atoms with Gasteiger partial charge < -0.3 is 4.90 Å². The summed E-state index contributed by atoms with van der Waals surface area (Å²) in [5.41, 5.74) is 15.1. The molecule has 0 aliphatic heterocycles. The lowest BCUT2D eigenvalue weighted by Gasteiger charge is -2.29. The number of nitrogens with zero attached hydrogens (tertiary/aromatic N) is 1. The van der Waals surface area contributed by atoms with Crippen molar-refractivity contribution in [3.8, 4) is 55.6 Å². The summed E-state index contributed by atoms with van der Waals surface area (Å²) in [6.07, 6.45) is 0. The first-order valence-electron chi connectivity index (χ1n) is 21.0. The quantitative estimate of drug-likeness (QED) is 0.139. The Labute approximate surface area is 357 Å². The predicted molar refractivity (Wildman–Crippen MR) is 261 cm³/mol. The summed E-state index contributed by atoms with van der Waals surface area (Å²) in [5, 5.41) is 7.47. The first kappa shape index (κ1) is 36.1. The largest absolute Gasteiger partial charge is 0.310 e. The molecule has 0 spiro atoms. The molecule has 0 saturated carbocycles. The van der Waals surface area contributed by atoms with Gasteiger partial charge in [0.25, 0.3) is 0 Å². The fraction of sp³-hybridized carbons (Fsp3) is 0.